The number of hydrogen-bond donors (Lipinski definition) is 2. The summed E-state index contributed by atoms with van der Waals surface area (Å²) in [5.74, 6) is 1.34. The predicted octanol–water partition coefficient (Wildman–Crippen LogP) is 2.49. The Hall–Kier alpha value is -4.14. The van der Waals surface area contributed by atoms with Gasteiger partial charge in [0.15, 0.2) is 0 Å². The zero-order valence-corrected chi connectivity index (χ0v) is 17.2. The fourth-order valence-corrected chi connectivity index (χ4v) is 3.13. The zero-order chi connectivity index (χ0) is 21.8. The summed E-state index contributed by atoms with van der Waals surface area (Å²) in [6, 6.07) is 13.8. The molecule has 0 aliphatic heterocycles. The molecule has 0 spiro atoms. The van der Waals surface area contributed by atoms with Crippen molar-refractivity contribution in [3.63, 3.8) is 0 Å². The Morgan fingerprint density at radius 1 is 1.13 bits per heavy atom. The van der Waals surface area contributed by atoms with Gasteiger partial charge in [-0.2, -0.15) is 0 Å². The van der Waals surface area contributed by atoms with Crippen molar-refractivity contribution in [3.8, 4) is 5.75 Å². The third-order valence-corrected chi connectivity index (χ3v) is 4.87. The molecule has 9 nitrogen and oxygen atoms in total. The third kappa shape index (κ3) is 4.25. The third-order valence-electron chi connectivity index (χ3n) is 4.87. The topological polar surface area (TPSA) is 103 Å². The second-order valence-electron chi connectivity index (χ2n) is 6.85. The average Bonchev–Trinajstić information content (AvgIpc) is 3.21. The zero-order valence-electron chi connectivity index (χ0n) is 17.2. The number of amides is 1. The molecular formula is C22H22N6O3. The molecule has 4 aromatic rings. The standard InChI is InChI=1S/C22H22N6O3/c1-3-28-21(30)17-6-4-5-7-18(17)24-22(28)26-25-20(29)15-8-10-16(11-9-15)31-14-19-23-12-13-27(19)2/h4-13H,3,14H2,1-2H3,(H,24,26)(H,25,29). The Labute approximate surface area is 178 Å². The lowest BCUT2D eigenvalue weighted by Gasteiger charge is -2.14. The maximum absolute atomic E-state index is 12.7. The lowest BCUT2D eigenvalue weighted by atomic mass is 10.2. The normalized spacial score (nSPS) is 10.8. The van der Waals surface area contributed by atoms with E-state index in [1.165, 1.54) is 4.57 Å². The molecule has 31 heavy (non-hydrogen) atoms. The summed E-state index contributed by atoms with van der Waals surface area (Å²) < 4.78 is 9.05. The molecule has 0 saturated carbocycles. The monoisotopic (exact) mass is 418 g/mol. The molecule has 2 heterocycles. The van der Waals surface area contributed by atoms with E-state index in [1.54, 1.807) is 48.7 Å². The molecule has 0 fully saturated rings. The summed E-state index contributed by atoms with van der Waals surface area (Å²) >= 11 is 0. The van der Waals surface area contributed by atoms with Crippen molar-refractivity contribution in [2.75, 3.05) is 5.43 Å². The summed E-state index contributed by atoms with van der Waals surface area (Å²) in [6.07, 6.45) is 3.56. The second kappa shape index (κ2) is 8.70. The minimum atomic E-state index is -0.360. The van der Waals surface area contributed by atoms with Crippen LogP contribution in [0.3, 0.4) is 0 Å². The fraction of sp³-hybridized carbons (Fsp3) is 0.182. The first-order valence-electron chi connectivity index (χ1n) is 9.82. The van der Waals surface area contributed by atoms with Crippen LogP contribution < -0.4 is 21.1 Å². The Bertz CT molecular complexity index is 1280. The summed E-state index contributed by atoms with van der Waals surface area (Å²) in [5.41, 5.74) is 6.19. The molecule has 2 aromatic heterocycles. The van der Waals surface area contributed by atoms with Gasteiger partial charge in [0.05, 0.1) is 10.9 Å². The molecule has 4 rings (SSSR count). The molecule has 0 radical (unpaired) electrons. The highest BCUT2D eigenvalue weighted by atomic mass is 16.5. The smallest absolute Gasteiger partial charge is 0.269 e. The van der Waals surface area contributed by atoms with Crippen LogP contribution in [0.4, 0.5) is 5.95 Å². The van der Waals surface area contributed by atoms with Crippen molar-refractivity contribution in [3.05, 3.63) is 82.7 Å². The number of aryl methyl sites for hydroxylation is 1. The Morgan fingerprint density at radius 2 is 1.90 bits per heavy atom. The molecule has 1 amide bonds. The molecule has 0 aliphatic rings. The number of para-hydroxylation sites is 1. The number of carbonyl (C=O) groups is 1. The van der Waals surface area contributed by atoms with E-state index < -0.39 is 0 Å². The van der Waals surface area contributed by atoms with Crippen molar-refractivity contribution in [1.82, 2.24) is 24.5 Å². The number of fused-ring (bicyclic) bond motifs is 1. The van der Waals surface area contributed by atoms with Gasteiger partial charge in [-0.05, 0) is 43.3 Å². The maximum atomic E-state index is 12.7. The fourth-order valence-electron chi connectivity index (χ4n) is 3.13. The van der Waals surface area contributed by atoms with E-state index in [0.717, 1.165) is 5.82 Å². The minimum absolute atomic E-state index is 0.168. The van der Waals surface area contributed by atoms with Crippen molar-refractivity contribution in [1.29, 1.82) is 0 Å². The number of aromatic nitrogens is 4. The highest BCUT2D eigenvalue weighted by Crippen LogP contribution is 2.14. The van der Waals surface area contributed by atoms with Gasteiger partial charge in [0.1, 0.15) is 18.2 Å². The van der Waals surface area contributed by atoms with Crippen LogP contribution in [-0.4, -0.2) is 25.0 Å². The van der Waals surface area contributed by atoms with Crippen LogP contribution in [0.15, 0.2) is 65.7 Å². The average molecular weight is 418 g/mol. The van der Waals surface area contributed by atoms with Crippen molar-refractivity contribution >= 4 is 22.8 Å². The summed E-state index contributed by atoms with van der Waals surface area (Å²) in [4.78, 5) is 33.8. The number of carbonyl (C=O) groups excluding carboxylic acids is 1. The maximum Gasteiger partial charge on any atom is 0.269 e. The Kier molecular flexibility index (Phi) is 5.65. The number of hydrazine groups is 1. The number of nitrogens with one attached hydrogen (secondary N) is 2. The molecule has 158 valence electrons. The van der Waals surface area contributed by atoms with Crippen LogP contribution >= 0.6 is 0 Å². The molecule has 0 saturated heterocycles. The molecule has 2 aromatic carbocycles. The van der Waals surface area contributed by atoms with Crippen LogP contribution in [0, 0.1) is 0 Å². The number of hydrogen-bond acceptors (Lipinski definition) is 6. The van der Waals surface area contributed by atoms with E-state index in [9.17, 15) is 9.59 Å². The van der Waals surface area contributed by atoms with Gasteiger partial charge in [0, 0.05) is 31.5 Å². The van der Waals surface area contributed by atoms with Crippen LogP contribution in [0.2, 0.25) is 0 Å². The predicted molar refractivity (Wildman–Crippen MR) is 117 cm³/mol. The number of rotatable bonds is 7. The van der Waals surface area contributed by atoms with Crippen molar-refractivity contribution < 1.29 is 9.53 Å². The van der Waals surface area contributed by atoms with Gasteiger partial charge in [-0.1, -0.05) is 12.1 Å². The van der Waals surface area contributed by atoms with Gasteiger partial charge in [0.25, 0.3) is 11.5 Å². The SMILES string of the molecule is CCn1c(NNC(=O)c2ccc(OCc3nccn3C)cc2)nc2ccccc2c1=O. The first-order chi connectivity index (χ1) is 15.1. The van der Waals surface area contributed by atoms with Gasteiger partial charge in [-0.3, -0.25) is 25.0 Å². The number of ether oxygens (including phenoxy) is 1. The quantitative estimate of drug-likeness (QED) is 0.447. The summed E-state index contributed by atoms with van der Waals surface area (Å²) in [5, 5.41) is 0.530. The van der Waals surface area contributed by atoms with E-state index in [1.807, 2.05) is 30.8 Å². The van der Waals surface area contributed by atoms with Gasteiger partial charge in [-0.15, -0.1) is 0 Å². The van der Waals surface area contributed by atoms with Gasteiger partial charge >= 0.3 is 0 Å². The lowest BCUT2D eigenvalue weighted by molar-refractivity contribution is 0.0962. The molecule has 0 atom stereocenters. The minimum Gasteiger partial charge on any atom is -0.486 e. The van der Waals surface area contributed by atoms with Crippen molar-refractivity contribution in [2.24, 2.45) is 7.05 Å². The largest absolute Gasteiger partial charge is 0.486 e. The molecular weight excluding hydrogens is 396 g/mol. The van der Waals surface area contributed by atoms with E-state index in [-0.39, 0.29) is 17.4 Å². The van der Waals surface area contributed by atoms with Gasteiger partial charge < -0.3 is 9.30 Å². The second-order valence-corrected chi connectivity index (χ2v) is 6.85. The first kappa shape index (κ1) is 20.1. The van der Waals surface area contributed by atoms with E-state index in [0.29, 0.717) is 35.4 Å². The van der Waals surface area contributed by atoms with E-state index in [4.69, 9.17) is 4.74 Å². The number of imidazole rings is 1. The highest BCUT2D eigenvalue weighted by molar-refractivity contribution is 5.94. The Balaban J connectivity index is 1.43. The molecule has 2 N–H and O–H groups in total. The number of nitrogens with zero attached hydrogens (tertiary/aromatic N) is 4. The summed E-state index contributed by atoms with van der Waals surface area (Å²) in [6.45, 7) is 2.59. The van der Waals surface area contributed by atoms with Crippen LogP contribution in [-0.2, 0) is 20.2 Å². The van der Waals surface area contributed by atoms with Crippen molar-refractivity contribution in [2.45, 2.75) is 20.1 Å². The lowest BCUT2D eigenvalue weighted by Crippen LogP contribution is -2.34. The first-order valence-corrected chi connectivity index (χ1v) is 9.82. The molecule has 0 bridgehead atoms. The van der Waals surface area contributed by atoms with E-state index in [2.05, 4.69) is 20.8 Å². The number of benzene rings is 2. The van der Waals surface area contributed by atoms with Gasteiger partial charge in [0.2, 0.25) is 5.95 Å². The summed E-state index contributed by atoms with van der Waals surface area (Å²) in [7, 11) is 1.90. The van der Waals surface area contributed by atoms with Crippen LogP contribution in [0.25, 0.3) is 10.9 Å². The van der Waals surface area contributed by atoms with Crippen LogP contribution in [0.1, 0.15) is 23.1 Å². The highest BCUT2D eigenvalue weighted by Gasteiger charge is 2.11. The Morgan fingerprint density at radius 3 is 2.61 bits per heavy atom. The van der Waals surface area contributed by atoms with Crippen LogP contribution in [0.5, 0.6) is 5.75 Å². The molecule has 9 heteroatoms. The van der Waals surface area contributed by atoms with Gasteiger partial charge in [-0.25, -0.2) is 9.97 Å². The number of anilines is 1. The molecule has 0 aliphatic carbocycles. The van der Waals surface area contributed by atoms with E-state index >= 15 is 0 Å². The molecule has 0 unspecified atom stereocenters.